The third-order valence-corrected chi connectivity index (χ3v) is 4.16. The number of nitrogens with one attached hydrogen (secondary N) is 1. The predicted molar refractivity (Wildman–Crippen MR) is 94.7 cm³/mol. The second-order valence-electron chi connectivity index (χ2n) is 4.66. The third kappa shape index (κ3) is 3.41. The van der Waals surface area contributed by atoms with E-state index < -0.39 is 0 Å². The van der Waals surface area contributed by atoms with Crippen LogP contribution >= 0.6 is 15.9 Å². The Balaban J connectivity index is 2.46. The first-order chi connectivity index (χ1) is 11.6. The molecule has 2 rings (SSSR count). The molecule has 1 N–H and O–H groups in total. The van der Waals surface area contributed by atoms with Gasteiger partial charge in [0.15, 0.2) is 11.5 Å². The average Bonchev–Trinajstić information content (AvgIpc) is 2.61. The van der Waals surface area contributed by atoms with E-state index in [-0.39, 0.29) is 5.91 Å². The van der Waals surface area contributed by atoms with E-state index in [9.17, 15) is 4.79 Å². The van der Waals surface area contributed by atoms with Gasteiger partial charge in [0, 0.05) is 0 Å². The summed E-state index contributed by atoms with van der Waals surface area (Å²) in [7, 11) is 6.03. The second-order valence-corrected chi connectivity index (χ2v) is 5.45. The number of amides is 1. The Kier molecular flexibility index (Phi) is 5.92. The van der Waals surface area contributed by atoms with Gasteiger partial charge >= 0.3 is 0 Å². The van der Waals surface area contributed by atoms with Crippen molar-refractivity contribution in [1.82, 2.24) is 0 Å². The van der Waals surface area contributed by atoms with Crippen molar-refractivity contribution in [2.45, 2.75) is 0 Å². The van der Waals surface area contributed by atoms with Crippen molar-refractivity contribution in [2.75, 3.05) is 33.8 Å². The molecule has 7 heteroatoms. The summed E-state index contributed by atoms with van der Waals surface area (Å²) in [5, 5.41) is 2.81. The minimum absolute atomic E-state index is 0.342. The standard InChI is InChI=1S/C17H18BrNO5/c1-21-12-8-6-5-7-11(12)19-17(20)10-9-13(22-2)15(23-3)16(24-4)14(10)18/h5-9H,1-4H3,(H,19,20). The molecule has 0 unspecified atom stereocenters. The Bertz CT molecular complexity index is 748. The summed E-state index contributed by atoms with van der Waals surface area (Å²) in [5.41, 5.74) is 0.904. The maximum Gasteiger partial charge on any atom is 0.257 e. The van der Waals surface area contributed by atoms with Gasteiger partial charge in [0.2, 0.25) is 5.75 Å². The quantitative estimate of drug-likeness (QED) is 0.806. The molecule has 0 aliphatic carbocycles. The number of carbonyl (C=O) groups is 1. The highest BCUT2D eigenvalue weighted by Crippen LogP contribution is 2.45. The molecular weight excluding hydrogens is 378 g/mol. The van der Waals surface area contributed by atoms with Gasteiger partial charge in [-0.25, -0.2) is 0 Å². The molecule has 2 aromatic carbocycles. The lowest BCUT2D eigenvalue weighted by Gasteiger charge is -2.17. The van der Waals surface area contributed by atoms with Gasteiger partial charge in [0.25, 0.3) is 5.91 Å². The smallest absolute Gasteiger partial charge is 0.257 e. The fraction of sp³-hybridized carbons (Fsp3) is 0.235. The molecule has 24 heavy (non-hydrogen) atoms. The molecule has 0 fully saturated rings. The van der Waals surface area contributed by atoms with E-state index in [1.165, 1.54) is 21.3 Å². The molecule has 0 atom stereocenters. The number of benzene rings is 2. The summed E-state index contributed by atoms with van der Waals surface area (Å²) in [4.78, 5) is 12.7. The normalized spacial score (nSPS) is 10.0. The van der Waals surface area contributed by atoms with Crippen molar-refractivity contribution >= 4 is 27.5 Å². The van der Waals surface area contributed by atoms with Gasteiger partial charge in [-0.05, 0) is 34.1 Å². The first-order valence-electron chi connectivity index (χ1n) is 7.00. The van der Waals surface area contributed by atoms with Gasteiger partial charge in [0.05, 0.1) is 44.2 Å². The minimum atomic E-state index is -0.342. The van der Waals surface area contributed by atoms with Crippen molar-refractivity contribution in [3.8, 4) is 23.0 Å². The summed E-state index contributed by atoms with van der Waals surface area (Å²) >= 11 is 3.39. The highest BCUT2D eigenvalue weighted by molar-refractivity contribution is 9.10. The minimum Gasteiger partial charge on any atom is -0.495 e. The van der Waals surface area contributed by atoms with Crippen molar-refractivity contribution in [3.63, 3.8) is 0 Å². The number of anilines is 1. The van der Waals surface area contributed by atoms with Gasteiger partial charge in [-0.2, -0.15) is 0 Å². The van der Waals surface area contributed by atoms with Crippen molar-refractivity contribution in [1.29, 1.82) is 0 Å². The Morgan fingerprint density at radius 3 is 2.12 bits per heavy atom. The molecule has 0 radical (unpaired) electrons. The van der Waals surface area contributed by atoms with Crippen molar-refractivity contribution < 1.29 is 23.7 Å². The van der Waals surface area contributed by atoms with E-state index >= 15 is 0 Å². The van der Waals surface area contributed by atoms with Gasteiger partial charge in [-0.3, -0.25) is 4.79 Å². The molecular formula is C17H18BrNO5. The number of rotatable bonds is 6. The van der Waals surface area contributed by atoms with Gasteiger partial charge in [0.1, 0.15) is 5.75 Å². The summed E-state index contributed by atoms with van der Waals surface area (Å²) < 4.78 is 21.6. The van der Waals surface area contributed by atoms with Crippen LogP contribution in [0.15, 0.2) is 34.8 Å². The van der Waals surface area contributed by atoms with E-state index in [1.54, 1.807) is 25.3 Å². The Morgan fingerprint density at radius 1 is 0.917 bits per heavy atom. The molecule has 0 aliphatic rings. The van der Waals surface area contributed by atoms with E-state index in [0.717, 1.165) is 0 Å². The van der Waals surface area contributed by atoms with Crippen LogP contribution in [0.3, 0.4) is 0 Å². The largest absolute Gasteiger partial charge is 0.495 e. The molecule has 0 aromatic heterocycles. The number of hydrogen-bond donors (Lipinski definition) is 1. The topological polar surface area (TPSA) is 66.0 Å². The van der Waals surface area contributed by atoms with E-state index in [1.807, 2.05) is 12.1 Å². The van der Waals surface area contributed by atoms with Crippen LogP contribution in [0.5, 0.6) is 23.0 Å². The van der Waals surface area contributed by atoms with E-state index in [0.29, 0.717) is 38.7 Å². The number of methoxy groups -OCH3 is 4. The van der Waals surface area contributed by atoms with Crippen LogP contribution in [0.25, 0.3) is 0 Å². The van der Waals surface area contributed by atoms with Crippen LogP contribution in [0, 0.1) is 0 Å². The summed E-state index contributed by atoms with van der Waals surface area (Å²) in [5.74, 6) is 1.39. The van der Waals surface area contributed by atoms with Gasteiger partial charge in [-0.1, -0.05) is 12.1 Å². The SMILES string of the molecule is COc1ccccc1NC(=O)c1cc(OC)c(OC)c(OC)c1Br. The molecule has 0 saturated carbocycles. The fourth-order valence-electron chi connectivity index (χ4n) is 2.22. The van der Waals surface area contributed by atoms with Crippen LogP contribution in [-0.2, 0) is 0 Å². The number of ether oxygens (including phenoxy) is 4. The monoisotopic (exact) mass is 395 g/mol. The Hall–Kier alpha value is -2.41. The fourth-order valence-corrected chi connectivity index (χ4v) is 2.86. The number of halogens is 1. The first-order valence-corrected chi connectivity index (χ1v) is 7.79. The highest BCUT2D eigenvalue weighted by Gasteiger charge is 2.23. The molecule has 6 nitrogen and oxygen atoms in total. The van der Waals surface area contributed by atoms with Crippen molar-refractivity contribution in [3.05, 3.63) is 40.4 Å². The summed E-state index contributed by atoms with van der Waals surface area (Å²) in [6, 6.07) is 8.73. The zero-order valence-electron chi connectivity index (χ0n) is 13.8. The third-order valence-electron chi connectivity index (χ3n) is 3.37. The number of para-hydroxylation sites is 2. The number of hydrogen-bond acceptors (Lipinski definition) is 5. The first kappa shape index (κ1) is 17.9. The molecule has 0 saturated heterocycles. The zero-order valence-corrected chi connectivity index (χ0v) is 15.4. The maximum atomic E-state index is 12.7. The lowest BCUT2D eigenvalue weighted by Crippen LogP contribution is -2.14. The van der Waals surface area contributed by atoms with E-state index in [2.05, 4.69) is 21.2 Å². The molecule has 0 bridgehead atoms. The highest BCUT2D eigenvalue weighted by atomic mass is 79.9. The van der Waals surface area contributed by atoms with Crippen LogP contribution in [0.2, 0.25) is 0 Å². The lowest BCUT2D eigenvalue weighted by atomic mass is 10.1. The van der Waals surface area contributed by atoms with Crippen LogP contribution < -0.4 is 24.3 Å². The van der Waals surface area contributed by atoms with Crippen LogP contribution in [0.1, 0.15) is 10.4 Å². The summed E-state index contributed by atoms with van der Waals surface area (Å²) in [6.45, 7) is 0. The Morgan fingerprint density at radius 2 is 1.54 bits per heavy atom. The predicted octanol–water partition coefficient (Wildman–Crippen LogP) is 3.74. The van der Waals surface area contributed by atoms with Gasteiger partial charge in [-0.15, -0.1) is 0 Å². The number of carbonyl (C=O) groups excluding carboxylic acids is 1. The molecule has 1 amide bonds. The molecule has 0 heterocycles. The molecule has 128 valence electrons. The van der Waals surface area contributed by atoms with E-state index in [4.69, 9.17) is 18.9 Å². The maximum absolute atomic E-state index is 12.7. The molecule has 2 aromatic rings. The molecule has 0 spiro atoms. The Labute approximate surface area is 148 Å². The summed E-state index contributed by atoms with van der Waals surface area (Å²) in [6.07, 6.45) is 0. The molecule has 0 aliphatic heterocycles. The average molecular weight is 396 g/mol. The van der Waals surface area contributed by atoms with Crippen LogP contribution in [0.4, 0.5) is 5.69 Å². The zero-order chi connectivity index (χ0) is 17.7. The second kappa shape index (κ2) is 7.92. The van der Waals surface area contributed by atoms with Gasteiger partial charge < -0.3 is 24.3 Å². The van der Waals surface area contributed by atoms with Crippen LogP contribution in [-0.4, -0.2) is 34.3 Å². The lowest BCUT2D eigenvalue weighted by molar-refractivity contribution is 0.102. The van der Waals surface area contributed by atoms with Crippen molar-refractivity contribution in [2.24, 2.45) is 0 Å².